The number of nitrogens with one attached hydrogen (secondary N) is 2. The minimum atomic E-state index is -3.35. The smallest absolute Gasteiger partial charge is 0.227 e. The van der Waals surface area contributed by atoms with E-state index in [1.165, 1.54) is 11.8 Å². The summed E-state index contributed by atoms with van der Waals surface area (Å²) in [4.78, 5) is 22.6. The van der Waals surface area contributed by atoms with Crippen LogP contribution in [0.4, 0.5) is 11.6 Å². The molecule has 0 spiro atoms. The molecule has 0 bridgehead atoms. The molecule has 4 heterocycles. The third-order valence-corrected chi connectivity index (χ3v) is 8.08. The van der Waals surface area contributed by atoms with Gasteiger partial charge in [0.15, 0.2) is 9.84 Å². The van der Waals surface area contributed by atoms with Crippen LogP contribution in [-0.4, -0.2) is 44.0 Å². The van der Waals surface area contributed by atoms with Crippen molar-refractivity contribution >= 4 is 38.2 Å². The number of benzene rings is 3. The molecule has 0 aliphatic carbocycles. The summed E-state index contributed by atoms with van der Waals surface area (Å²) in [5.74, 6) is 1.24. The maximum atomic E-state index is 12.0. The molecule has 0 radical (unpaired) electrons. The van der Waals surface area contributed by atoms with Crippen molar-refractivity contribution in [3.05, 3.63) is 121 Å². The number of anilines is 2. The van der Waals surface area contributed by atoms with E-state index >= 15 is 0 Å². The van der Waals surface area contributed by atoms with E-state index in [0.29, 0.717) is 23.8 Å². The Bertz CT molecular complexity index is 2190. The number of hydrogen-bond donors (Lipinski definition) is 2. The molecule has 0 atom stereocenters. The Hall–Kier alpha value is -5.35. The fraction of sp³-hybridized carbons (Fsp3) is 0.0625. The lowest BCUT2D eigenvalue weighted by Gasteiger charge is -2.09. The van der Waals surface area contributed by atoms with E-state index in [1.807, 2.05) is 65.2 Å². The van der Waals surface area contributed by atoms with Gasteiger partial charge in [0.1, 0.15) is 11.5 Å². The second-order valence-electron chi connectivity index (χ2n) is 10.0. The number of H-pyrrole nitrogens is 1. The lowest BCUT2D eigenvalue weighted by Crippen LogP contribution is -2.01. The topological polar surface area (TPSA) is 118 Å². The SMILES string of the molecule is CS(=O)(=O)c1cccc(Nc2nccc(-c3c(-c4ccc5nc(Cc6ccccc6)[nH]c5c4)nc4ccccn34)n2)c1. The molecule has 7 aromatic rings. The molecule has 42 heavy (non-hydrogen) atoms. The zero-order valence-corrected chi connectivity index (χ0v) is 23.4. The van der Waals surface area contributed by atoms with Gasteiger partial charge >= 0.3 is 0 Å². The highest BCUT2D eigenvalue weighted by Gasteiger charge is 2.19. The van der Waals surface area contributed by atoms with Crippen LogP contribution in [0.5, 0.6) is 0 Å². The summed E-state index contributed by atoms with van der Waals surface area (Å²) < 4.78 is 26.1. The summed E-state index contributed by atoms with van der Waals surface area (Å²) in [5, 5.41) is 3.14. The van der Waals surface area contributed by atoms with Crippen molar-refractivity contribution in [3.8, 4) is 22.6 Å². The third kappa shape index (κ3) is 4.99. The first-order valence-electron chi connectivity index (χ1n) is 13.3. The van der Waals surface area contributed by atoms with Gasteiger partial charge in [-0.3, -0.25) is 4.40 Å². The number of aromatic nitrogens is 6. The molecular formula is C32H25N7O2S. The zero-order valence-electron chi connectivity index (χ0n) is 22.6. The van der Waals surface area contributed by atoms with Crippen LogP contribution >= 0.6 is 0 Å². The van der Waals surface area contributed by atoms with Crippen LogP contribution in [0.25, 0.3) is 39.3 Å². The Kier molecular flexibility index (Phi) is 6.24. The van der Waals surface area contributed by atoms with Gasteiger partial charge in [-0.1, -0.05) is 48.5 Å². The molecule has 0 amide bonds. The number of pyridine rings is 1. The van der Waals surface area contributed by atoms with Gasteiger partial charge in [0, 0.05) is 36.3 Å². The van der Waals surface area contributed by atoms with Gasteiger partial charge in [-0.2, -0.15) is 0 Å². The first-order valence-corrected chi connectivity index (χ1v) is 15.2. The summed E-state index contributed by atoms with van der Waals surface area (Å²) in [6, 6.07) is 30.6. The Balaban J connectivity index is 1.28. The number of fused-ring (bicyclic) bond motifs is 2. The second-order valence-corrected chi connectivity index (χ2v) is 12.0. The first kappa shape index (κ1) is 25.6. The van der Waals surface area contributed by atoms with Crippen LogP contribution < -0.4 is 5.32 Å². The molecule has 0 saturated carbocycles. The number of sulfone groups is 1. The number of hydrogen-bond acceptors (Lipinski definition) is 7. The molecule has 7 rings (SSSR count). The van der Waals surface area contributed by atoms with Crippen molar-refractivity contribution in [2.45, 2.75) is 11.3 Å². The second kappa shape index (κ2) is 10.2. The van der Waals surface area contributed by atoms with E-state index in [1.54, 1.807) is 30.5 Å². The predicted molar refractivity (Wildman–Crippen MR) is 163 cm³/mol. The van der Waals surface area contributed by atoms with Crippen LogP contribution in [0.2, 0.25) is 0 Å². The molecule has 0 saturated heterocycles. The highest BCUT2D eigenvalue weighted by molar-refractivity contribution is 7.90. The maximum absolute atomic E-state index is 12.0. The van der Waals surface area contributed by atoms with Crippen LogP contribution in [0.3, 0.4) is 0 Å². The maximum Gasteiger partial charge on any atom is 0.227 e. The highest BCUT2D eigenvalue weighted by atomic mass is 32.2. The van der Waals surface area contributed by atoms with E-state index < -0.39 is 9.84 Å². The zero-order chi connectivity index (χ0) is 28.7. The molecule has 3 aromatic carbocycles. The number of rotatable bonds is 7. The number of aromatic amines is 1. The lowest BCUT2D eigenvalue weighted by atomic mass is 10.1. The summed E-state index contributed by atoms with van der Waals surface area (Å²) in [7, 11) is -3.35. The van der Waals surface area contributed by atoms with E-state index in [-0.39, 0.29) is 4.90 Å². The minimum Gasteiger partial charge on any atom is -0.342 e. The first-order chi connectivity index (χ1) is 20.4. The fourth-order valence-electron chi connectivity index (χ4n) is 5.01. The third-order valence-electron chi connectivity index (χ3n) is 6.97. The van der Waals surface area contributed by atoms with Gasteiger partial charge in [-0.25, -0.2) is 28.4 Å². The highest BCUT2D eigenvalue weighted by Crippen LogP contribution is 2.33. The van der Waals surface area contributed by atoms with E-state index in [2.05, 4.69) is 33.5 Å². The summed E-state index contributed by atoms with van der Waals surface area (Å²) in [6.45, 7) is 0. The number of nitrogens with zero attached hydrogens (tertiary/aromatic N) is 5. The van der Waals surface area contributed by atoms with Gasteiger partial charge < -0.3 is 10.3 Å². The average molecular weight is 572 g/mol. The molecular weight excluding hydrogens is 546 g/mol. The molecule has 206 valence electrons. The Morgan fingerprint density at radius 2 is 1.71 bits per heavy atom. The van der Waals surface area contributed by atoms with Crippen molar-refractivity contribution in [1.29, 1.82) is 0 Å². The molecule has 0 fully saturated rings. The largest absolute Gasteiger partial charge is 0.342 e. The summed E-state index contributed by atoms with van der Waals surface area (Å²) >= 11 is 0. The summed E-state index contributed by atoms with van der Waals surface area (Å²) in [5.41, 5.74) is 7.53. The van der Waals surface area contributed by atoms with E-state index in [9.17, 15) is 8.42 Å². The molecule has 0 aliphatic heterocycles. The predicted octanol–water partition coefficient (Wildman–Crippen LogP) is 6.07. The van der Waals surface area contributed by atoms with E-state index in [4.69, 9.17) is 15.0 Å². The van der Waals surface area contributed by atoms with Crippen LogP contribution in [0.1, 0.15) is 11.4 Å². The fourth-order valence-corrected chi connectivity index (χ4v) is 5.68. The van der Waals surface area contributed by atoms with Crippen molar-refractivity contribution in [1.82, 2.24) is 29.3 Å². The lowest BCUT2D eigenvalue weighted by molar-refractivity contribution is 0.602. The van der Waals surface area contributed by atoms with Crippen LogP contribution in [0.15, 0.2) is 114 Å². The summed E-state index contributed by atoms with van der Waals surface area (Å²) in [6.07, 6.45) is 5.53. The molecule has 0 aliphatic rings. The van der Waals surface area contributed by atoms with Gasteiger partial charge in [0.05, 0.1) is 33.0 Å². The quantitative estimate of drug-likeness (QED) is 0.238. The minimum absolute atomic E-state index is 0.217. The number of imidazole rings is 2. The molecule has 4 aromatic heterocycles. The van der Waals surface area contributed by atoms with Gasteiger partial charge in [-0.15, -0.1) is 0 Å². The molecule has 2 N–H and O–H groups in total. The Morgan fingerprint density at radius 3 is 2.57 bits per heavy atom. The molecule has 10 heteroatoms. The molecule has 9 nitrogen and oxygen atoms in total. The Labute approximate surface area is 241 Å². The van der Waals surface area contributed by atoms with Crippen LogP contribution in [-0.2, 0) is 16.3 Å². The van der Waals surface area contributed by atoms with Crippen molar-refractivity contribution in [3.63, 3.8) is 0 Å². The van der Waals surface area contributed by atoms with Crippen LogP contribution in [0, 0.1) is 0 Å². The standard InChI is InChI=1S/C32H25N7O2S/c1-42(40,41)24-11-7-10-23(20-24)34-32-33-16-15-26(37-32)31-30(38-29-12-5-6-17-39(29)31)22-13-14-25-27(19-22)36-28(35-25)18-21-8-3-2-4-9-21/h2-17,19-20H,18H2,1H3,(H,35,36)(H,33,34,37). The van der Waals surface area contributed by atoms with Crippen molar-refractivity contribution in [2.24, 2.45) is 0 Å². The van der Waals surface area contributed by atoms with Gasteiger partial charge in [0.25, 0.3) is 0 Å². The van der Waals surface area contributed by atoms with Crippen molar-refractivity contribution in [2.75, 3.05) is 11.6 Å². The molecule has 0 unspecified atom stereocenters. The van der Waals surface area contributed by atoms with Gasteiger partial charge in [0.2, 0.25) is 5.95 Å². The van der Waals surface area contributed by atoms with Crippen molar-refractivity contribution < 1.29 is 8.42 Å². The van der Waals surface area contributed by atoms with E-state index in [0.717, 1.165) is 39.5 Å². The monoisotopic (exact) mass is 571 g/mol. The van der Waals surface area contributed by atoms with Gasteiger partial charge in [-0.05, 0) is 54.1 Å². The normalized spacial score (nSPS) is 11.7. The average Bonchev–Trinajstić information content (AvgIpc) is 3.58. The Morgan fingerprint density at radius 1 is 0.857 bits per heavy atom.